The van der Waals surface area contributed by atoms with Gasteiger partial charge in [-0.05, 0) is 64.7 Å². The molecule has 32 heavy (non-hydrogen) atoms. The molecule has 6 aromatic rings. The van der Waals surface area contributed by atoms with E-state index in [4.69, 9.17) is 4.42 Å². The van der Waals surface area contributed by atoms with Gasteiger partial charge >= 0.3 is 0 Å². The van der Waals surface area contributed by atoms with Crippen LogP contribution in [0.15, 0.2) is 126 Å². The maximum atomic E-state index is 6.22. The minimum atomic E-state index is 0.907. The van der Waals surface area contributed by atoms with E-state index in [0.717, 1.165) is 38.9 Å². The van der Waals surface area contributed by atoms with Gasteiger partial charge in [-0.3, -0.25) is 0 Å². The molecular weight excluding hydrogens is 390 g/mol. The van der Waals surface area contributed by atoms with Crippen molar-refractivity contribution in [3.05, 3.63) is 121 Å². The van der Waals surface area contributed by atoms with Gasteiger partial charge in [0.05, 0.1) is 0 Å². The van der Waals surface area contributed by atoms with E-state index in [1.807, 2.05) is 30.3 Å². The number of hydrogen-bond acceptors (Lipinski definition) is 2. The molecule has 1 N–H and O–H groups in total. The lowest BCUT2D eigenvalue weighted by molar-refractivity contribution is 0.669. The first-order valence-corrected chi connectivity index (χ1v) is 10.8. The zero-order chi connectivity index (χ0) is 21.3. The summed E-state index contributed by atoms with van der Waals surface area (Å²) in [5.74, 6) is 0. The molecule has 0 atom stereocenters. The molecule has 0 radical (unpaired) electrons. The number of fused-ring (bicyclic) bond motifs is 3. The van der Waals surface area contributed by atoms with Crippen LogP contribution in [0.2, 0.25) is 0 Å². The Hall–Kier alpha value is -4.30. The monoisotopic (exact) mass is 411 g/mol. The molecule has 6 rings (SSSR count). The van der Waals surface area contributed by atoms with Crippen LogP contribution in [-0.2, 0) is 0 Å². The van der Waals surface area contributed by atoms with Crippen LogP contribution in [0.1, 0.15) is 0 Å². The summed E-state index contributed by atoms with van der Waals surface area (Å²) in [5, 5.41) is 5.79. The molecule has 0 aliphatic heterocycles. The van der Waals surface area contributed by atoms with Crippen molar-refractivity contribution in [2.45, 2.75) is 0 Å². The van der Waals surface area contributed by atoms with E-state index in [0.29, 0.717) is 0 Å². The second-order valence-electron chi connectivity index (χ2n) is 7.93. The number of furan rings is 1. The van der Waals surface area contributed by atoms with Crippen LogP contribution in [0.3, 0.4) is 0 Å². The molecule has 0 unspecified atom stereocenters. The van der Waals surface area contributed by atoms with E-state index in [-0.39, 0.29) is 0 Å². The molecule has 1 aromatic heterocycles. The fourth-order valence-electron chi connectivity index (χ4n) is 4.33. The first-order chi connectivity index (χ1) is 15.8. The van der Waals surface area contributed by atoms with Crippen molar-refractivity contribution in [3.63, 3.8) is 0 Å². The van der Waals surface area contributed by atoms with E-state index in [1.54, 1.807) is 0 Å². The van der Waals surface area contributed by atoms with E-state index in [2.05, 4.69) is 96.3 Å². The normalized spacial score (nSPS) is 11.1. The molecule has 0 amide bonds. The van der Waals surface area contributed by atoms with Crippen LogP contribution >= 0.6 is 0 Å². The van der Waals surface area contributed by atoms with Gasteiger partial charge in [-0.25, -0.2) is 0 Å². The lowest BCUT2D eigenvalue weighted by Crippen LogP contribution is -1.90. The van der Waals surface area contributed by atoms with Crippen LogP contribution < -0.4 is 5.32 Å². The van der Waals surface area contributed by atoms with Gasteiger partial charge in [-0.1, -0.05) is 78.9 Å². The number of nitrogens with one attached hydrogen (secondary N) is 1. The van der Waals surface area contributed by atoms with Gasteiger partial charge in [0, 0.05) is 22.1 Å². The highest BCUT2D eigenvalue weighted by molar-refractivity contribution is 6.13. The van der Waals surface area contributed by atoms with Crippen LogP contribution in [0, 0.1) is 0 Å². The quantitative estimate of drug-likeness (QED) is 0.314. The highest BCUT2D eigenvalue weighted by Gasteiger charge is 2.13. The summed E-state index contributed by atoms with van der Waals surface area (Å²) in [4.78, 5) is 0. The van der Waals surface area contributed by atoms with Crippen molar-refractivity contribution in [2.24, 2.45) is 0 Å². The third kappa shape index (κ3) is 3.32. The van der Waals surface area contributed by atoms with Crippen molar-refractivity contribution in [1.29, 1.82) is 0 Å². The van der Waals surface area contributed by atoms with Gasteiger partial charge in [-0.15, -0.1) is 0 Å². The fourth-order valence-corrected chi connectivity index (χ4v) is 4.33. The maximum absolute atomic E-state index is 6.22. The lowest BCUT2D eigenvalue weighted by atomic mass is 9.97. The number of benzene rings is 5. The number of hydrogen-bond donors (Lipinski definition) is 1. The molecule has 2 nitrogen and oxygen atoms in total. The minimum absolute atomic E-state index is 0.907. The van der Waals surface area contributed by atoms with Crippen molar-refractivity contribution in [1.82, 2.24) is 0 Å². The summed E-state index contributed by atoms with van der Waals surface area (Å²) in [7, 11) is 0. The molecule has 152 valence electrons. The van der Waals surface area contributed by atoms with Crippen molar-refractivity contribution < 1.29 is 4.42 Å². The highest BCUT2D eigenvalue weighted by atomic mass is 16.3. The van der Waals surface area contributed by atoms with Gasteiger partial charge in [-0.2, -0.15) is 0 Å². The molecule has 0 bridgehead atoms. The summed E-state index contributed by atoms with van der Waals surface area (Å²) >= 11 is 0. The van der Waals surface area contributed by atoms with Gasteiger partial charge < -0.3 is 9.73 Å². The second-order valence-corrected chi connectivity index (χ2v) is 7.93. The average molecular weight is 412 g/mol. The molecule has 5 aromatic carbocycles. The molecular formula is C30H21NO. The van der Waals surface area contributed by atoms with Crippen molar-refractivity contribution >= 4 is 33.3 Å². The molecule has 0 aliphatic rings. The van der Waals surface area contributed by atoms with E-state index in [1.165, 1.54) is 16.7 Å². The molecule has 0 fully saturated rings. The third-order valence-electron chi connectivity index (χ3n) is 5.84. The SMILES string of the molecule is c1ccc(Nc2cccc(-c3cccc4oc5ccc(-c6ccccc6)cc5c34)c2)cc1. The molecule has 0 saturated heterocycles. The summed E-state index contributed by atoms with van der Waals surface area (Å²) < 4.78 is 6.22. The van der Waals surface area contributed by atoms with Gasteiger partial charge in [0.15, 0.2) is 0 Å². The molecule has 0 saturated carbocycles. The Bertz CT molecular complexity index is 1530. The Morgan fingerprint density at radius 2 is 1.19 bits per heavy atom. The predicted octanol–water partition coefficient (Wildman–Crippen LogP) is 8.66. The number of para-hydroxylation sites is 1. The lowest BCUT2D eigenvalue weighted by Gasteiger charge is -2.10. The third-order valence-corrected chi connectivity index (χ3v) is 5.84. The Balaban J connectivity index is 1.50. The standard InChI is InChI=1S/C30H21NO/c1-3-9-21(10-4-1)22-17-18-28-27(20-22)30-26(15-8-16-29(30)32-28)23-11-7-14-25(19-23)31-24-12-5-2-6-13-24/h1-20,31H. The summed E-state index contributed by atoms with van der Waals surface area (Å²) in [6.45, 7) is 0. The fraction of sp³-hybridized carbons (Fsp3) is 0. The predicted molar refractivity (Wildman–Crippen MR) is 134 cm³/mol. The Kier molecular flexibility index (Phi) is 4.47. The average Bonchev–Trinajstić information content (AvgIpc) is 3.23. The molecule has 1 heterocycles. The van der Waals surface area contributed by atoms with Gasteiger partial charge in [0.1, 0.15) is 11.2 Å². The first kappa shape index (κ1) is 18.5. The van der Waals surface area contributed by atoms with E-state index >= 15 is 0 Å². The molecule has 0 spiro atoms. The summed E-state index contributed by atoms with van der Waals surface area (Å²) in [6, 6.07) is 42.0. The number of anilines is 2. The maximum Gasteiger partial charge on any atom is 0.136 e. The topological polar surface area (TPSA) is 25.2 Å². The minimum Gasteiger partial charge on any atom is -0.456 e. The highest BCUT2D eigenvalue weighted by Crippen LogP contribution is 2.39. The molecule has 0 aliphatic carbocycles. The first-order valence-electron chi connectivity index (χ1n) is 10.8. The van der Waals surface area contributed by atoms with Crippen LogP contribution in [0.5, 0.6) is 0 Å². The van der Waals surface area contributed by atoms with E-state index in [9.17, 15) is 0 Å². The molecule has 2 heteroatoms. The zero-order valence-electron chi connectivity index (χ0n) is 17.5. The number of rotatable bonds is 4. The Morgan fingerprint density at radius 3 is 2.03 bits per heavy atom. The Morgan fingerprint density at radius 1 is 0.469 bits per heavy atom. The summed E-state index contributed by atoms with van der Waals surface area (Å²) in [5.41, 5.74) is 8.67. The summed E-state index contributed by atoms with van der Waals surface area (Å²) in [6.07, 6.45) is 0. The van der Waals surface area contributed by atoms with Crippen LogP contribution in [-0.4, -0.2) is 0 Å². The largest absolute Gasteiger partial charge is 0.456 e. The van der Waals surface area contributed by atoms with Crippen LogP contribution in [0.25, 0.3) is 44.2 Å². The van der Waals surface area contributed by atoms with Crippen molar-refractivity contribution in [3.8, 4) is 22.3 Å². The Labute approximate surface area is 186 Å². The van der Waals surface area contributed by atoms with E-state index < -0.39 is 0 Å². The van der Waals surface area contributed by atoms with Crippen LogP contribution in [0.4, 0.5) is 11.4 Å². The zero-order valence-corrected chi connectivity index (χ0v) is 17.5. The van der Waals surface area contributed by atoms with Gasteiger partial charge in [0.2, 0.25) is 0 Å². The second kappa shape index (κ2) is 7.75. The van der Waals surface area contributed by atoms with Crippen molar-refractivity contribution in [2.75, 3.05) is 5.32 Å². The smallest absolute Gasteiger partial charge is 0.136 e. The van der Waals surface area contributed by atoms with Gasteiger partial charge in [0.25, 0.3) is 0 Å².